The van der Waals surface area contributed by atoms with E-state index in [1.165, 1.54) is 42.5 Å². The number of nitrogens with zero attached hydrogens (tertiary/aromatic N) is 3. The van der Waals surface area contributed by atoms with Gasteiger partial charge in [-0.3, -0.25) is 9.69 Å². The lowest BCUT2D eigenvalue weighted by Gasteiger charge is -2.37. The van der Waals surface area contributed by atoms with Crippen molar-refractivity contribution < 1.29 is 18.0 Å². The second kappa shape index (κ2) is 10.1. The van der Waals surface area contributed by atoms with Gasteiger partial charge >= 0.3 is 0 Å². The molecule has 1 amide bonds. The van der Waals surface area contributed by atoms with Gasteiger partial charge in [0.25, 0.3) is 5.91 Å². The monoisotopic (exact) mass is 479 g/mol. The van der Waals surface area contributed by atoms with E-state index in [9.17, 15) is 18.0 Å². The van der Waals surface area contributed by atoms with E-state index in [1.807, 2.05) is 11.0 Å². The van der Waals surface area contributed by atoms with E-state index in [1.54, 1.807) is 24.3 Å². The number of anilines is 1. The molecule has 0 bridgehead atoms. The fourth-order valence-electron chi connectivity index (χ4n) is 5.28. The molecule has 0 aromatic heterocycles. The van der Waals surface area contributed by atoms with Crippen molar-refractivity contribution in [3.63, 3.8) is 0 Å². The van der Waals surface area contributed by atoms with E-state index in [-0.39, 0.29) is 35.2 Å². The maximum absolute atomic E-state index is 14.0. The van der Waals surface area contributed by atoms with Crippen LogP contribution in [0.5, 0.6) is 0 Å². The third kappa shape index (κ3) is 5.35. The molecule has 3 aromatic carbocycles. The van der Waals surface area contributed by atoms with Crippen molar-refractivity contribution in [2.75, 3.05) is 50.7 Å². The molecular formula is C28H28F3N3O. The van der Waals surface area contributed by atoms with E-state index >= 15 is 0 Å². The van der Waals surface area contributed by atoms with Gasteiger partial charge in [0, 0.05) is 63.0 Å². The standard InChI is InChI=1S/C28H28F3N3O/c29-23-6-4-20(5-7-23)28(35)34-18-22(27(19-34)21-2-1-3-25(31)16-21)17-32-12-14-33(15-13-32)26-10-8-24(30)9-11-26/h1-11,16,22,27H,12-15,17-19H2/t22-,27+/m1/s1. The summed E-state index contributed by atoms with van der Waals surface area (Å²) in [5, 5.41) is 0. The first-order valence-corrected chi connectivity index (χ1v) is 12.0. The first-order chi connectivity index (χ1) is 17.0. The molecule has 2 atom stereocenters. The average molecular weight is 480 g/mol. The Hall–Kier alpha value is -3.32. The fourth-order valence-corrected chi connectivity index (χ4v) is 5.28. The topological polar surface area (TPSA) is 26.8 Å². The predicted molar refractivity (Wildman–Crippen MR) is 130 cm³/mol. The fraction of sp³-hybridized carbons (Fsp3) is 0.321. The molecule has 0 N–H and O–H groups in total. The lowest BCUT2D eigenvalue weighted by atomic mass is 9.88. The van der Waals surface area contributed by atoms with Crippen LogP contribution >= 0.6 is 0 Å². The van der Waals surface area contributed by atoms with Crippen LogP contribution in [0.4, 0.5) is 18.9 Å². The summed E-state index contributed by atoms with van der Waals surface area (Å²) >= 11 is 0. The number of rotatable bonds is 5. The Bertz CT molecular complexity index is 1160. The Kier molecular flexibility index (Phi) is 6.77. The van der Waals surface area contributed by atoms with Gasteiger partial charge in [0.1, 0.15) is 17.5 Å². The van der Waals surface area contributed by atoms with Crippen molar-refractivity contribution in [1.82, 2.24) is 9.80 Å². The Balaban J connectivity index is 1.28. The van der Waals surface area contributed by atoms with Crippen molar-refractivity contribution in [1.29, 1.82) is 0 Å². The molecule has 0 aliphatic carbocycles. The van der Waals surface area contributed by atoms with E-state index < -0.39 is 0 Å². The first-order valence-electron chi connectivity index (χ1n) is 12.0. The highest BCUT2D eigenvalue weighted by atomic mass is 19.1. The van der Waals surface area contributed by atoms with Crippen LogP contribution in [-0.4, -0.2) is 61.5 Å². The summed E-state index contributed by atoms with van der Waals surface area (Å²) in [7, 11) is 0. The van der Waals surface area contributed by atoms with Crippen LogP contribution in [0.15, 0.2) is 72.8 Å². The summed E-state index contributed by atoms with van der Waals surface area (Å²) in [6, 6.07) is 18.8. The third-order valence-electron chi connectivity index (χ3n) is 7.15. The number of hydrogen-bond donors (Lipinski definition) is 0. The molecule has 3 aromatic rings. The normalized spacial score (nSPS) is 20.9. The molecule has 0 radical (unpaired) electrons. The van der Waals surface area contributed by atoms with Gasteiger partial charge in [-0.1, -0.05) is 12.1 Å². The quantitative estimate of drug-likeness (QED) is 0.527. The third-order valence-corrected chi connectivity index (χ3v) is 7.15. The highest BCUT2D eigenvalue weighted by Gasteiger charge is 2.38. The molecule has 35 heavy (non-hydrogen) atoms. The van der Waals surface area contributed by atoms with Crippen molar-refractivity contribution in [3.8, 4) is 0 Å². The number of piperazine rings is 1. The zero-order valence-electron chi connectivity index (χ0n) is 19.4. The van der Waals surface area contributed by atoms with Crippen molar-refractivity contribution >= 4 is 11.6 Å². The van der Waals surface area contributed by atoms with Crippen LogP contribution in [0.2, 0.25) is 0 Å². The predicted octanol–water partition coefficient (Wildman–Crippen LogP) is 4.78. The van der Waals surface area contributed by atoms with Gasteiger partial charge in [0.05, 0.1) is 0 Å². The van der Waals surface area contributed by atoms with Crippen molar-refractivity contribution in [2.45, 2.75) is 5.92 Å². The maximum atomic E-state index is 14.0. The van der Waals surface area contributed by atoms with Gasteiger partial charge < -0.3 is 9.80 Å². The number of carbonyl (C=O) groups is 1. The summed E-state index contributed by atoms with van der Waals surface area (Å²) in [6.45, 7) is 5.24. The number of benzene rings is 3. The molecule has 2 heterocycles. The lowest BCUT2D eigenvalue weighted by Crippen LogP contribution is -2.48. The Labute approximate surface area is 203 Å². The molecule has 2 aliphatic rings. The molecule has 7 heteroatoms. The van der Waals surface area contributed by atoms with Crippen LogP contribution in [0, 0.1) is 23.4 Å². The van der Waals surface area contributed by atoms with Gasteiger partial charge in [-0.05, 0) is 72.1 Å². The van der Waals surface area contributed by atoms with Crippen LogP contribution in [-0.2, 0) is 0 Å². The van der Waals surface area contributed by atoms with Gasteiger partial charge in [0.2, 0.25) is 0 Å². The van der Waals surface area contributed by atoms with E-state index in [0.29, 0.717) is 18.7 Å². The van der Waals surface area contributed by atoms with E-state index in [0.717, 1.165) is 44.0 Å². The largest absolute Gasteiger partial charge is 0.369 e. The molecule has 0 spiro atoms. The number of halogens is 3. The zero-order chi connectivity index (χ0) is 24.4. The van der Waals surface area contributed by atoms with Crippen LogP contribution < -0.4 is 4.90 Å². The maximum Gasteiger partial charge on any atom is 0.253 e. The van der Waals surface area contributed by atoms with Crippen LogP contribution in [0.1, 0.15) is 21.8 Å². The summed E-state index contributed by atoms with van der Waals surface area (Å²) in [5.74, 6) is -0.855. The second-order valence-electron chi connectivity index (χ2n) is 9.40. The molecule has 2 aliphatic heterocycles. The summed E-state index contributed by atoms with van der Waals surface area (Å²) < 4.78 is 40.6. The SMILES string of the molecule is O=C(c1ccc(F)cc1)N1C[C@@H](CN2CCN(c3ccc(F)cc3)CC2)[C@H](c2cccc(F)c2)C1. The molecule has 182 valence electrons. The Morgan fingerprint density at radius 2 is 1.43 bits per heavy atom. The molecule has 2 saturated heterocycles. The average Bonchev–Trinajstić information content (AvgIpc) is 3.29. The minimum Gasteiger partial charge on any atom is -0.369 e. The summed E-state index contributed by atoms with van der Waals surface area (Å²) in [4.78, 5) is 19.6. The first kappa shape index (κ1) is 23.4. The minimum absolute atomic E-state index is 0.0187. The highest BCUT2D eigenvalue weighted by molar-refractivity contribution is 5.94. The summed E-state index contributed by atoms with van der Waals surface area (Å²) in [5.41, 5.74) is 2.37. The van der Waals surface area contributed by atoms with Crippen LogP contribution in [0.3, 0.4) is 0 Å². The molecule has 5 rings (SSSR count). The number of carbonyl (C=O) groups excluding carboxylic acids is 1. The second-order valence-corrected chi connectivity index (χ2v) is 9.40. The molecular weight excluding hydrogens is 451 g/mol. The minimum atomic E-state index is -0.377. The van der Waals surface area contributed by atoms with Crippen molar-refractivity contribution in [2.24, 2.45) is 5.92 Å². The van der Waals surface area contributed by atoms with Gasteiger partial charge in [-0.25, -0.2) is 13.2 Å². The zero-order valence-corrected chi connectivity index (χ0v) is 19.4. The van der Waals surface area contributed by atoms with Gasteiger partial charge in [0.15, 0.2) is 0 Å². The Morgan fingerprint density at radius 3 is 2.09 bits per heavy atom. The van der Waals surface area contributed by atoms with Gasteiger partial charge in [-0.15, -0.1) is 0 Å². The highest BCUT2D eigenvalue weighted by Crippen LogP contribution is 2.35. The van der Waals surface area contributed by atoms with Gasteiger partial charge in [-0.2, -0.15) is 0 Å². The molecule has 0 saturated carbocycles. The van der Waals surface area contributed by atoms with Crippen LogP contribution in [0.25, 0.3) is 0 Å². The van der Waals surface area contributed by atoms with Crippen molar-refractivity contribution in [3.05, 3.63) is 101 Å². The smallest absolute Gasteiger partial charge is 0.253 e. The van der Waals surface area contributed by atoms with E-state index in [4.69, 9.17) is 0 Å². The van der Waals surface area contributed by atoms with E-state index in [2.05, 4.69) is 9.80 Å². The lowest BCUT2D eigenvalue weighted by molar-refractivity contribution is 0.0782. The molecule has 4 nitrogen and oxygen atoms in total. The number of likely N-dealkylation sites (tertiary alicyclic amines) is 1. The summed E-state index contributed by atoms with van der Waals surface area (Å²) in [6.07, 6.45) is 0. The molecule has 0 unspecified atom stereocenters. The number of amides is 1. The number of hydrogen-bond acceptors (Lipinski definition) is 3. The molecule has 2 fully saturated rings. The Morgan fingerprint density at radius 1 is 0.771 bits per heavy atom.